The van der Waals surface area contributed by atoms with Crippen LogP contribution in [0.2, 0.25) is 5.02 Å². The van der Waals surface area contributed by atoms with Crippen LogP contribution in [0.15, 0.2) is 34.5 Å². The van der Waals surface area contributed by atoms with Gasteiger partial charge in [-0.2, -0.15) is 9.78 Å². The van der Waals surface area contributed by atoms with E-state index in [9.17, 15) is 4.79 Å². The van der Waals surface area contributed by atoms with Crippen molar-refractivity contribution in [3.05, 3.63) is 40.7 Å². The van der Waals surface area contributed by atoms with E-state index in [1.807, 2.05) is 45.0 Å². The molecule has 1 saturated heterocycles. The average molecular weight is 420 g/mol. The molecule has 148 valence electrons. The predicted molar refractivity (Wildman–Crippen MR) is 109 cm³/mol. The molecular weight excluding hydrogens is 398 g/mol. The van der Waals surface area contributed by atoms with Crippen molar-refractivity contribution in [2.24, 2.45) is 5.10 Å². The van der Waals surface area contributed by atoms with Crippen LogP contribution in [0.1, 0.15) is 51.0 Å². The van der Waals surface area contributed by atoms with Gasteiger partial charge in [0.2, 0.25) is 5.16 Å². The summed E-state index contributed by atoms with van der Waals surface area (Å²) in [7, 11) is 0. The van der Waals surface area contributed by atoms with Crippen LogP contribution in [0, 0.1) is 0 Å². The lowest BCUT2D eigenvalue weighted by molar-refractivity contribution is 0.0215. The van der Waals surface area contributed by atoms with Crippen LogP contribution in [0.25, 0.3) is 0 Å². The van der Waals surface area contributed by atoms with Gasteiger partial charge in [0, 0.05) is 17.3 Å². The lowest BCUT2D eigenvalue weighted by Gasteiger charge is -2.28. The van der Waals surface area contributed by atoms with Gasteiger partial charge in [-0.1, -0.05) is 35.5 Å². The molecule has 1 atom stereocenters. The third-order valence-electron chi connectivity index (χ3n) is 4.55. The van der Waals surface area contributed by atoms with Crippen molar-refractivity contribution in [1.29, 1.82) is 0 Å². The van der Waals surface area contributed by atoms with Crippen LogP contribution >= 0.6 is 23.4 Å². The highest BCUT2D eigenvalue weighted by molar-refractivity contribution is 7.99. The number of thioether (sulfide) groups is 1. The van der Waals surface area contributed by atoms with E-state index in [0.717, 1.165) is 29.3 Å². The molecule has 4 rings (SSSR count). The van der Waals surface area contributed by atoms with Gasteiger partial charge >= 0.3 is 6.09 Å². The summed E-state index contributed by atoms with van der Waals surface area (Å²) in [5.74, 6) is 1.39. The normalized spacial score (nSPS) is 19.4. The lowest BCUT2D eigenvalue weighted by atomic mass is 10.1. The van der Waals surface area contributed by atoms with Crippen molar-refractivity contribution in [2.75, 3.05) is 12.3 Å². The fourth-order valence-corrected chi connectivity index (χ4v) is 4.28. The molecule has 2 aliphatic heterocycles. The molecule has 7 nitrogen and oxygen atoms in total. The predicted octanol–water partition coefficient (Wildman–Crippen LogP) is 4.36. The van der Waals surface area contributed by atoms with Gasteiger partial charge in [-0.3, -0.25) is 4.90 Å². The largest absolute Gasteiger partial charge is 0.444 e. The molecule has 1 aromatic heterocycles. The van der Waals surface area contributed by atoms with Crippen molar-refractivity contribution in [2.45, 2.75) is 50.4 Å². The molecular formula is C19H22ClN5O2S. The number of hydrogen-bond acceptors (Lipinski definition) is 6. The Morgan fingerprint density at radius 2 is 2.00 bits per heavy atom. The Hall–Kier alpha value is -2.06. The molecule has 3 heterocycles. The minimum atomic E-state index is -0.537. The molecule has 2 aliphatic rings. The molecule has 1 amide bonds. The van der Waals surface area contributed by atoms with Crippen LogP contribution in [-0.2, 0) is 4.74 Å². The number of carbonyl (C=O) groups is 1. The Kier molecular flexibility index (Phi) is 5.09. The van der Waals surface area contributed by atoms with E-state index in [-0.39, 0.29) is 12.1 Å². The maximum absolute atomic E-state index is 12.6. The van der Waals surface area contributed by atoms with E-state index in [0.29, 0.717) is 23.1 Å². The average Bonchev–Trinajstić information content (AvgIpc) is 3.27. The van der Waals surface area contributed by atoms with Crippen molar-refractivity contribution in [3.8, 4) is 0 Å². The minimum Gasteiger partial charge on any atom is -0.444 e. The summed E-state index contributed by atoms with van der Waals surface area (Å²) in [5, 5.41) is 14.9. The van der Waals surface area contributed by atoms with Gasteiger partial charge in [0.1, 0.15) is 5.60 Å². The maximum atomic E-state index is 12.6. The van der Waals surface area contributed by atoms with Crippen LogP contribution in [0.3, 0.4) is 0 Å². The third kappa shape index (κ3) is 3.89. The van der Waals surface area contributed by atoms with Gasteiger partial charge < -0.3 is 4.74 Å². The highest BCUT2D eigenvalue weighted by Gasteiger charge is 2.37. The smallest absolute Gasteiger partial charge is 0.410 e. The summed E-state index contributed by atoms with van der Waals surface area (Å²) < 4.78 is 7.34. The van der Waals surface area contributed by atoms with E-state index in [2.05, 4.69) is 10.2 Å². The molecule has 9 heteroatoms. The molecule has 1 aromatic carbocycles. The SMILES string of the molecule is CC(C)(C)OC(=O)N1CCCC1c1nnc2n1N=C(c1ccc(Cl)cc1)CS2. The van der Waals surface area contributed by atoms with Gasteiger partial charge in [-0.15, -0.1) is 10.2 Å². The van der Waals surface area contributed by atoms with Crippen molar-refractivity contribution < 1.29 is 9.53 Å². The van der Waals surface area contributed by atoms with E-state index < -0.39 is 5.60 Å². The summed E-state index contributed by atoms with van der Waals surface area (Å²) >= 11 is 7.58. The lowest BCUT2D eigenvalue weighted by Crippen LogP contribution is -2.37. The highest BCUT2D eigenvalue weighted by Crippen LogP contribution is 2.35. The van der Waals surface area contributed by atoms with Gasteiger partial charge in [-0.05, 0) is 51.3 Å². The van der Waals surface area contributed by atoms with Crippen molar-refractivity contribution in [1.82, 2.24) is 19.8 Å². The molecule has 0 radical (unpaired) electrons. The van der Waals surface area contributed by atoms with Gasteiger partial charge in [0.25, 0.3) is 0 Å². The number of nitrogens with zero attached hydrogens (tertiary/aromatic N) is 5. The van der Waals surface area contributed by atoms with E-state index in [1.54, 1.807) is 21.3 Å². The summed E-state index contributed by atoms with van der Waals surface area (Å²) in [6, 6.07) is 7.44. The van der Waals surface area contributed by atoms with Crippen LogP contribution in [0.5, 0.6) is 0 Å². The Labute approximate surface area is 173 Å². The first-order valence-electron chi connectivity index (χ1n) is 9.23. The fraction of sp³-hybridized carbons (Fsp3) is 0.474. The first kappa shape index (κ1) is 19.3. The van der Waals surface area contributed by atoms with E-state index >= 15 is 0 Å². The molecule has 0 saturated carbocycles. The molecule has 0 aliphatic carbocycles. The Morgan fingerprint density at radius 3 is 2.71 bits per heavy atom. The van der Waals surface area contributed by atoms with Crippen LogP contribution in [-0.4, -0.2) is 49.5 Å². The van der Waals surface area contributed by atoms with Crippen molar-refractivity contribution >= 4 is 35.2 Å². The maximum Gasteiger partial charge on any atom is 0.410 e. The van der Waals surface area contributed by atoms with E-state index in [4.69, 9.17) is 21.4 Å². The number of amides is 1. The zero-order valence-electron chi connectivity index (χ0n) is 16.1. The number of ether oxygens (including phenoxy) is 1. The van der Waals surface area contributed by atoms with Gasteiger partial charge in [-0.25, -0.2) is 4.79 Å². The molecule has 2 aromatic rings. The highest BCUT2D eigenvalue weighted by atomic mass is 35.5. The topological polar surface area (TPSA) is 72.6 Å². The minimum absolute atomic E-state index is 0.190. The first-order chi connectivity index (χ1) is 13.3. The second-order valence-corrected chi connectivity index (χ2v) is 9.21. The number of likely N-dealkylation sites (tertiary alicyclic amines) is 1. The number of aromatic nitrogens is 3. The number of carbonyl (C=O) groups excluding carboxylic acids is 1. The number of halogens is 1. The number of hydrogen-bond donors (Lipinski definition) is 0. The van der Waals surface area contributed by atoms with Crippen molar-refractivity contribution in [3.63, 3.8) is 0 Å². The molecule has 0 N–H and O–H groups in total. The summed E-state index contributed by atoms with van der Waals surface area (Å²) in [5.41, 5.74) is 1.40. The summed E-state index contributed by atoms with van der Waals surface area (Å²) in [6.45, 7) is 6.25. The zero-order valence-corrected chi connectivity index (χ0v) is 17.6. The Morgan fingerprint density at radius 1 is 1.25 bits per heavy atom. The summed E-state index contributed by atoms with van der Waals surface area (Å²) in [6.07, 6.45) is 1.39. The standard InChI is InChI=1S/C19H22ClN5O2S/c1-19(2,3)27-18(26)24-10-4-5-15(24)16-21-22-17-25(16)23-14(11-28-17)12-6-8-13(20)9-7-12/h6-9,15H,4-5,10-11H2,1-3H3. The number of rotatable bonds is 2. The van der Waals surface area contributed by atoms with E-state index in [1.165, 1.54) is 0 Å². The Balaban J connectivity index is 1.64. The number of benzene rings is 1. The van der Waals surface area contributed by atoms with Crippen LogP contribution < -0.4 is 0 Å². The monoisotopic (exact) mass is 419 g/mol. The molecule has 0 spiro atoms. The second kappa shape index (κ2) is 7.40. The molecule has 1 fully saturated rings. The molecule has 28 heavy (non-hydrogen) atoms. The second-order valence-electron chi connectivity index (χ2n) is 7.83. The zero-order chi connectivity index (χ0) is 19.9. The first-order valence-corrected chi connectivity index (χ1v) is 10.6. The summed E-state index contributed by atoms with van der Waals surface area (Å²) in [4.78, 5) is 14.4. The molecule has 0 bridgehead atoms. The quantitative estimate of drug-likeness (QED) is 0.723. The molecule has 1 unspecified atom stereocenters. The fourth-order valence-electron chi connectivity index (χ4n) is 3.31. The van der Waals surface area contributed by atoms with Gasteiger partial charge in [0.15, 0.2) is 5.82 Å². The number of fused-ring (bicyclic) bond motifs is 1. The van der Waals surface area contributed by atoms with Crippen LogP contribution in [0.4, 0.5) is 4.79 Å². The third-order valence-corrected chi connectivity index (χ3v) is 5.73. The Bertz CT molecular complexity index is 919. The van der Waals surface area contributed by atoms with Gasteiger partial charge in [0.05, 0.1) is 11.8 Å².